The van der Waals surface area contributed by atoms with Crippen LogP contribution in [0.4, 0.5) is 0 Å². The Labute approximate surface area is 129 Å². The van der Waals surface area contributed by atoms with Crippen LogP contribution in [0.5, 0.6) is 0 Å². The summed E-state index contributed by atoms with van der Waals surface area (Å²) in [4.78, 5) is 6.91. The van der Waals surface area contributed by atoms with Gasteiger partial charge in [0.25, 0.3) is 0 Å². The van der Waals surface area contributed by atoms with E-state index < -0.39 is 0 Å². The van der Waals surface area contributed by atoms with Gasteiger partial charge in [-0.2, -0.15) is 10.3 Å². The number of fused-ring (bicyclic) bond motifs is 1. The van der Waals surface area contributed by atoms with E-state index in [1.165, 1.54) is 37.1 Å². The van der Waals surface area contributed by atoms with Gasteiger partial charge in [0.1, 0.15) is 5.52 Å². The highest BCUT2D eigenvalue weighted by atomic mass is 15.3. The highest BCUT2D eigenvalue weighted by Gasteiger charge is 2.19. The smallest absolute Gasteiger partial charge is 0.201 e. The zero-order valence-corrected chi connectivity index (χ0v) is 12.7. The van der Waals surface area contributed by atoms with Crippen LogP contribution >= 0.6 is 0 Å². The molecule has 112 valence electrons. The van der Waals surface area contributed by atoms with Crippen molar-refractivity contribution in [1.82, 2.24) is 25.3 Å². The van der Waals surface area contributed by atoms with E-state index in [1.54, 1.807) is 0 Å². The van der Waals surface area contributed by atoms with Gasteiger partial charge in [-0.05, 0) is 56.1 Å². The standard InChI is InChI=1S/C17H19N5/c1-12(22-7-2-3-8-22)13-5-4-6-14(9-13)15-10-16-17(18-11-15)20-21-19-16/h4-6,9-12H,2-3,7-8H2,1H3,(H,18,19,20,21)/t12-/m1/s1. The fourth-order valence-corrected chi connectivity index (χ4v) is 3.22. The van der Waals surface area contributed by atoms with Crippen LogP contribution in [0.25, 0.3) is 22.3 Å². The number of benzene rings is 1. The highest BCUT2D eigenvalue weighted by Crippen LogP contribution is 2.28. The second-order valence-electron chi connectivity index (χ2n) is 5.93. The van der Waals surface area contributed by atoms with Crippen molar-refractivity contribution in [3.8, 4) is 11.1 Å². The maximum atomic E-state index is 4.35. The molecule has 3 aromatic rings. The van der Waals surface area contributed by atoms with Crippen LogP contribution in [0.3, 0.4) is 0 Å². The Hall–Kier alpha value is -2.27. The number of H-pyrrole nitrogens is 1. The van der Waals surface area contributed by atoms with Crippen LogP contribution < -0.4 is 0 Å². The molecule has 5 heteroatoms. The lowest BCUT2D eigenvalue weighted by atomic mass is 10.0. The maximum Gasteiger partial charge on any atom is 0.201 e. The van der Waals surface area contributed by atoms with E-state index in [2.05, 4.69) is 56.5 Å². The van der Waals surface area contributed by atoms with E-state index >= 15 is 0 Å². The van der Waals surface area contributed by atoms with Crippen molar-refractivity contribution >= 4 is 11.2 Å². The summed E-state index contributed by atoms with van der Waals surface area (Å²) in [6.07, 6.45) is 4.50. The van der Waals surface area contributed by atoms with Crippen LogP contribution in [0.1, 0.15) is 31.4 Å². The van der Waals surface area contributed by atoms with E-state index in [9.17, 15) is 0 Å². The molecule has 22 heavy (non-hydrogen) atoms. The Kier molecular flexibility index (Phi) is 3.35. The first-order chi connectivity index (χ1) is 10.8. The molecule has 0 unspecified atom stereocenters. The molecule has 0 saturated carbocycles. The second kappa shape index (κ2) is 5.50. The molecular weight excluding hydrogens is 274 g/mol. The summed E-state index contributed by atoms with van der Waals surface area (Å²) in [5.41, 5.74) is 5.08. The molecule has 1 fully saturated rings. The van der Waals surface area contributed by atoms with E-state index in [-0.39, 0.29) is 0 Å². The zero-order valence-electron chi connectivity index (χ0n) is 12.7. The van der Waals surface area contributed by atoms with Gasteiger partial charge in [-0.15, -0.1) is 5.10 Å². The number of nitrogens with zero attached hydrogens (tertiary/aromatic N) is 4. The summed E-state index contributed by atoms with van der Waals surface area (Å²) in [5, 5.41) is 10.7. The van der Waals surface area contributed by atoms with Crippen molar-refractivity contribution in [2.75, 3.05) is 13.1 Å². The molecule has 1 atom stereocenters. The minimum atomic E-state index is 0.464. The molecule has 3 heterocycles. The van der Waals surface area contributed by atoms with Crippen LogP contribution in [0, 0.1) is 0 Å². The summed E-state index contributed by atoms with van der Waals surface area (Å²) >= 11 is 0. The number of aromatic nitrogens is 4. The molecule has 0 spiro atoms. The van der Waals surface area contributed by atoms with Gasteiger partial charge >= 0.3 is 0 Å². The number of rotatable bonds is 3. The molecule has 2 aromatic heterocycles. The first kappa shape index (κ1) is 13.4. The summed E-state index contributed by atoms with van der Waals surface area (Å²) in [7, 11) is 0. The van der Waals surface area contributed by atoms with E-state index in [4.69, 9.17) is 0 Å². The van der Waals surface area contributed by atoms with Gasteiger partial charge in [0.05, 0.1) is 0 Å². The topological polar surface area (TPSA) is 57.7 Å². The molecule has 1 aromatic carbocycles. The molecule has 4 rings (SSSR count). The summed E-state index contributed by atoms with van der Waals surface area (Å²) in [6.45, 7) is 4.71. The Bertz CT molecular complexity index is 788. The predicted octanol–water partition coefficient (Wildman–Crippen LogP) is 3.18. The van der Waals surface area contributed by atoms with Gasteiger partial charge in [-0.1, -0.05) is 18.2 Å². The lowest BCUT2D eigenvalue weighted by Crippen LogP contribution is -2.23. The second-order valence-corrected chi connectivity index (χ2v) is 5.93. The molecule has 0 bridgehead atoms. The third-order valence-corrected chi connectivity index (χ3v) is 4.56. The summed E-state index contributed by atoms with van der Waals surface area (Å²) in [6, 6.07) is 11.2. The SMILES string of the molecule is C[C@H](c1cccc(-c2cnc3n[nH]nc3c2)c1)N1CCCC1. The maximum absolute atomic E-state index is 4.35. The third-order valence-electron chi connectivity index (χ3n) is 4.56. The fourth-order valence-electron chi connectivity index (χ4n) is 3.22. The van der Waals surface area contributed by atoms with Gasteiger partial charge in [-0.25, -0.2) is 4.98 Å². The van der Waals surface area contributed by atoms with Gasteiger partial charge < -0.3 is 0 Å². The number of hydrogen-bond acceptors (Lipinski definition) is 4. The molecule has 1 saturated heterocycles. The fraction of sp³-hybridized carbons (Fsp3) is 0.353. The number of pyridine rings is 1. The van der Waals surface area contributed by atoms with Crippen molar-refractivity contribution in [3.63, 3.8) is 0 Å². The monoisotopic (exact) mass is 293 g/mol. The zero-order chi connectivity index (χ0) is 14.9. The molecule has 1 aliphatic heterocycles. The molecule has 1 aliphatic rings. The molecule has 0 aliphatic carbocycles. The Balaban J connectivity index is 1.68. The first-order valence-electron chi connectivity index (χ1n) is 7.82. The average molecular weight is 293 g/mol. The normalized spacial score (nSPS) is 17.1. The Morgan fingerprint density at radius 3 is 2.82 bits per heavy atom. The quantitative estimate of drug-likeness (QED) is 0.806. The van der Waals surface area contributed by atoms with E-state index in [1.807, 2.05) is 12.3 Å². The summed E-state index contributed by atoms with van der Waals surface area (Å²) < 4.78 is 0. The van der Waals surface area contributed by atoms with E-state index in [0.29, 0.717) is 11.7 Å². The van der Waals surface area contributed by atoms with Crippen molar-refractivity contribution in [1.29, 1.82) is 0 Å². The minimum Gasteiger partial charge on any atom is -0.297 e. The van der Waals surface area contributed by atoms with Crippen molar-refractivity contribution in [2.24, 2.45) is 0 Å². The molecule has 5 nitrogen and oxygen atoms in total. The van der Waals surface area contributed by atoms with Gasteiger partial charge in [0.2, 0.25) is 5.65 Å². The molecule has 1 N–H and O–H groups in total. The van der Waals surface area contributed by atoms with Crippen molar-refractivity contribution in [2.45, 2.75) is 25.8 Å². The van der Waals surface area contributed by atoms with Crippen LogP contribution in [-0.4, -0.2) is 38.4 Å². The Morgan fingerprint density at radius 2 is 1.95 bits per heavy atom. The van der Waals surface area contributed by atoms with Gasteiger partial charge in [-0.3, -0.25) is 4.90 Å². The van der Waals surface area contributed by atoms with Crippen molar-refractivity contribution in [3.05, 3.63) is 42.1 Å². The lowest BCUT2D eigenvalue weighted by molar-refractivity contribution is 0.263. The van der Waals surface area contributed by atoms with Crippen LogP contribution in [-0.2, 0) is 0 Å². The molecule has 0 radical (unpaired) electrons. The highest BCUT2D eigenvalue weighted by molar-refractivity contribution is 5.77. The van der Waals surface area contributed by atoms with E-state index in [0.717, 1.165) is 11.1 Å². The number of aromatic amines is 1. The largest absolute Gasteiger partial charge is 0.297 e. The molecular formula is C17H19N5. The third kappa shape index (κ3) is 2.37. The van der Waals surface area contributed by atoms with Crippen molar-refractivity contribution < 1.29 is 0 Å². The predicted molar refractivity (Wildman–Crippen MR) is 86.3 cm³/mol. The van der Waals surface area contributed by atoms with Gasteiger partial charge in [0.15, 0.2) is 0 Å². The average Bonchev–Trinajstić information content (AvgIpc) is 3.25. The van der Waals surface area contributed by atoms with Crippen LogP contribution in [0.15, 0.2) is 36.5 Å². The minimum absolute atomic E-state index is 0.464. The van der Waals surface area contributed by atoms with Gasteiger partial charge in [0, 0.05) is 17.8 Å². The molecule has 0 amide bonds. The number of nitrogens with one attached hydrogen (secondary N) is 1. The first-order valence-corrected chi connectivity index (χ1v) is 7.82. The summed E-state index contributed by atoms with van der Waals surface area (Å²) in [5.74, 6) is 0. The number of hydrogen-bond donors (Lipinski definition) is 1. The lowest BCUT2D eigenvalue weighted by Gasteiger charge is -2.24. The Morgan fingerprint density at radius 1 is 1.09 bits per heavy atom. The number of likely N-dealkylation sites (tertiary alicyclic amines) is 1. The van der Waals surface area contributed by atoms with Crippen LogP contribution in [0.2, 0.25) is 0 Å².